The summed E-state index contributed by atoms with van der Waals surface area (Å²) in [6.45, 7) is 12.1. The molecule has 0 fully saturated rings. The standard InChI is InChI=1S/C34H39N2O6/c1-9-27(11-10-24(3)39-8)33(37)41-31-22-23(2)32(26(5)25(31)4)42-34(38)28-12-14-30(15-13-28)40-21-20-36-18-16-29(17-19-36)35(6)7/h9-19,22H,3,20-21H2,1-2,4-8H3/q+1/b11-10-,27-9+. The van der Waals surface area contributed by atoms with E-state index >= 15 is 0 Å². The Labute approximate surface area is 248 Å². The number of rotatable bonds is 12. The Morgan fingerprint density at radius 1 is 0.952 bits per heavy atom. The number of methoxy groups -OCH3 is 1. The van der Waals surface area contributed by atoms with Crippen LogP contribution in [0.1, 0.15) is 34.0 Å². The third kappa shape index (κ3) is 8.33. The Kier molecular flexibility index (Phi) is 11.1. The number of anilines is 1. The lowest BCUT2D eigenvalue weighted by molar-refractivity contribution is -0.697. The normalized spacial score (nSPS) is 11.3. The van der Waals surface area contributed by atoms with Gasteiger partial charge in [-0.2, -0.15) is 0 Å². The fourth-order valence-electron chi connectivity index (χ4n) is 3.98. The maximum absolute atomic E-state index is 13.0. The molecule has 0 spiro atoms. The number of nitrogens with zero attached hydrogens (tertiary/aromatic N) is 2. The number of aromatic nitrogens is 1. The summed E-state index contributed by atoms with van der Waals surface area (Å²) in [6, 6.07) is 12.6. The molecule has 8 nitrogen and oxygen atoms in total. The SMILES string of the molecule is C=C(/C=C\C(=C/C)C(=O)Oc1cc(C)c(OC(=O)c2ccc(OCC[n+]3ccc(N(C)C)cc3)cc2)c(C)c1C)OC. The number of carbonyl (C=O) groups excluding carboxylic acids is 2. The van der Waals surface area contributed by atoms with Gasteiger partial charge in [0.2, 0.25) is 0 Å². The molecule has 0 aliphatic rings. The molecule has 42 heavy (non-hydrogen) atoms. The summed E-state index contributed by atoms with van der Waals surface area (Å²) >= 11 is 0. The van der Waals surface area contributed by atoms with Gasteiger partial charge in [-0.1, -0.05) is 12.7 Å². The molecule has 0 bridgehead atoms. The second kappa shape index (κ2) is 14.7. The van der Waals surface area contributed by atoms with Gasteiger partial charge in [-0.3, -0.25) is 0 Å². The summed E-state index contributed by atoms with van der Waals surface area (Å²) < 4.78 is 24.4. The maximum Gasteiger partial charge on any atom is 0.343 e. The van der Waals surface area contributed by atoms with Gasteiger partial charge in [0.1, 0.15) is 29.6 Å². The number of hydrogen-bond donors (Lipinski definition) is 0. The first-order valence-electron chi connectivity index (χ1n) is 13.6. The van der Waals surface area contributed by atoms with Crippen LogP contribution in [0, 0.1) is 20.8 Å². The number of esters is 2. The molecule has 0 N–H and O–H groups in total. The molecule has 0 atom stereocenters. The minimum Gasteiger partial charge on any atom is -0.497 e. The van der Waals surface area contributed by atoms with Crippen LogP contribution in [0.15, 0.2) is 91.0 Å². The quantitative estimate of drug-likeness (QED) is 0.0676. The first-order valence-corrected chi connectivity index (χ1v) is 13.6. The van der Waals surface area contributed by atoms with Crippen LogP contribution in [0.5, 0.6) is 17.2 Å². The predicted molar refractivity (Wildman–Crippen MR) is 163 cm³/mol. The van der Waals surface area contributed by atoms with Crippen LogP contribution in [-0.2, 0) is 16.1 Å². The van der Waals surface area contributed by atoms with Crippen molar-refractivity contribution in [3.05, 3.63) is 113 Å². The fourth-order valence-corrected chi connectivity index (χ4v) is 3.98. The summed E-state index contributed by atoms with van der Waals surface area (Å²) in [7, 11) is 5.51. The zero-order chi connectivity index (χ0) is 30.8. The van der Waals surface area contributed by atoms with Gasteiger partial charge in [-0.15, -0.1) is 0 Å². The van der Waals surface area contributed by atoms with Crippen LogP contribution < -0.4 is 23.7 Å². The molecular weight excluding hydrogens is 532 g/mol. The lowest BCUT2D eigenvalue weighted by atomic mass is 10.0. The molecule has 220 valence electrons. The van der Waals surface area contributed by atoms with E-state index < -0.39 is 11.9 Å². The highest BCUT2D eigenvalue weighted by Gasteiger charge is 2.19. The third-order valence-electron chi connectivity index (χ3n) is 6.73. The van der Waals surface area contributed by atoms with Crippen LogP contribution in [0.3, 0.4) is 0 Å². The van der Waals surface area contributed by atoms with E-state index in [0.29, 0.717) is 64.0 Å². The summed E-state index contributed by atoms with van der Waals surface area (Å²) in [6.07, 6.45) is 8.84. The van der Waals surface area contributed by atoms with E-state index in [1.54, 1.807) is 62.4 Å². The predicted octanol–water partition coefficient (Wildman–Crippen LogP) is 5.83. The molecule has 3 aromatic rings. The van der Waals surface area contributed by atoms with Crippen molar-refractivity contribution in [1.82, 2.24) is 0 Å². The minimum atomic E-state index is -0.521. The van der Waals surface area contributed by atoms with E-state index in [1.807, 2.05) is 57.4 Å². The molecule has 2 aromatic carbocycles. The van der Waals surface area contributed by atoms with Gasteiger partial charge in [0.15, 0.2) is 18.9 Å². The second-order valence-electron chi connectivity index (χ2n) is 9.86. The van der Waals surface area contributed by atoms with E-state index in [-0.39, 0.29) is 0 Å². The van der Waals surface area contributed by atoms with Crippen LogP contribution in [0.2, 0.25) is 0 Å². The average molecular weight is 572 g/mol. The molecule has 0 unspecified atom stereocenters. The van der Waals surface area contributed by atoms with E-state index in [2.05, 4.69) is 11.1 Å². The van der Waals surface area contributed by atoms with Gasteiger partial charge in [-0.25, -0.2) is 14.2 Å². The number of aryl methyl sites for hydroxylation is 1. The van der Waals surface area contributed by atoms with Crippen molar-refractivity contribution in [1.29, 1.82) is 0 Å². The van der Waals surface area contributed by atoms with Gasteiger partial charge >= 0.3 is 11.9 Å². The van der Waals surface area contributed by atoms with Gasteiger partial charge in [-0.05, 0) is 86.9 Å². The minimum absolute atomic E-state index is 0.350. The van der Waals surface area contributed by atoms with Crippen molar-refractivity contribution in [2.24, 2.45) is 0 Å². The number of hydrogen-bond acceptors (Lipinski definition) is 7. The zero-order valence-electron chi connectivity index (χ0n) is 25.4. The molecule has 3 rings (SSSR count). The molecule has 0 aliphatic carbocycles. The van der Waals surface area contributed by atoms with Crippen molar-refractivity contribution >= 4 is 17.6 Å². The second-order valence-corrected chi connectivity index (χ2v) is 9.86. The van der Waals surface area contributed by atoms with Crippen molar-refractivity contribution in [2.45, 2.75) is 34.2 Å². The maximum atomic E-state index is 13.0. The lowest BCUT2D eigenvalue weighted by Gasteiger charge is -2.16. The van der Waals surface area contributed by atoms with Crippen LogP contribution in [0.4, 0.5) is 5.69 Å². The summed E-state index contributed by atoms with van der Waals surface area (Å²) in [5, 5.41) is 0. The van der Waals surface area contributed by atoms with Gasteiger partial charge in [0.05, 0.1) is 18.2 Å². The van der Waals surface area contributed by atoms with Crippen molar-refractivity contribution in [2.75, 3.05) is 32.7 Å². The Balaban J connectivity index is 1.62. The monoisotopic (exact) mass is 571 g/mol. The fraction of sp³-hybridized carbons (Fsp3) is 0.265. The summed E-state index contributed by atoms with van der Waals surface area (Å²) in [5.41, 5.74) is 3.93. The number of allylic oxidation sites excluding steroid dienone is 2. The number of benzene rings is 2. The van der Waals surface area contributed by atoms with E-state index in [0.717, 1.165) is 5.69 Å². The van der Waals surface area contributed by atoms with E-state index in [9.17, 15) is 9.59 Å². The molecular formula is C34H39N2O6+. The zero-order valence-corrected chi connectivity index (χ0v) is 25.4. The van der Waals surface area contributed by atoms with Gasteiger partial charge in [0, 0.05) is 31.9 Å². The molecule has 0 saturated heterocycles. The van der Waals surface area contributed by atoms with Crippen molar-refractivity contribution < 1.29 is 33.1 Å². The first-order chi connectivity index (χ1) is 20.0. The lowest BCUT2D eigenvalue weighted by Crippen LogP contribution is -2.35. The van der Waals surface area contributed by atoms with Crippen LogP contribution in [0.25, 0.3) is 0 Å². The van der Waals surface area contributed by atoms with Crippen molar-refractivity contribution in [3.8, 4) is 17.2 Å². The Morgan fingerprint density at radius 2 is 1.62 bits per heavy atom. The van der Waals surface area contributed by atoms with Crippen molar-refractivity contribution in [3.63, 3.8) is 0 Å². The number of pyridine rings is 1. The topological polar surface area (TPSA) is 78.2 Å². The Bertz CT molecular complexity index is 1490. The van der Waals surface area contributed by atoms with Crippen LogP contribution in [-0.4, -0.2) is 39.8 Å². The Morgan fingerprint density at radius 3 is 2.21 bits per heavy atom. The van der Waals surface area contributed by atoms with E-state index in [4.69, 9.17) is 18.9 Å². The smallest absolute Gasteiger partial charge is 0.343 e. The molecule has 0 radical (unpaired) electrons. The molecule has 0 saturated carbocycles. The highest BCUT2D eigenvalue weighted by Crippen LogP contribution is 2.34. The van der Waals surface area contributed by atoms with Gasteiger partial charge in [0.25, 0.3) is 0 Å². The first kappa shape index (κ1) is 31.7. The average Bonchev–Trinajstić information content (AvgIpc) is 2.98. The summed E-state index contributed by atoms with van der Waals surface area (Å²) in [5.74, 6) is 0.882. The molecule has 0 amide bonds. The third-order valence-corrected chi connectivity index (χ3v) is 6.73. The number of ether oxygens (including phenoxy) is 4. The largest absolute Gasteiger partial charge is 0.497 e. The molecule has 0 aliphatic heterocycles. The molecule has 1 heterocycles. The van der Waals surface area contributed by atoms with Gasteiger partial charge < -0.3 is 23.8 Å². The van der Waals surface area contributed by atoms with Crippen LogP contribution >= 0.6 is 0 Å². The molecule has 8 heteroatoms. The summed E-state index contributed by atoms with van der Waals surface area (Å²) in [4.78, 5) is 27.8. The Hall–Kier alpha value is -4.85. The van der Waals surface area contributed by atoms with E-state index in [1.165, 1.54) is 7.11 Å². The highest BCUT2D eigenvalue weighted by atomic mass is 16.5. The highest BCUT2D eigenvalue weighted by molar-refractivity contribution is 5.94. The molecule has 1 aromatic heterocycles. The number of carbonyl (C=O) groups is 2.